The maximum absolute atomic E-state index is 12.1. The van der Waals surface area contributed by atoms with E-state index in [9.17, 15) is 9.59 Å². The zero-order valence-corrected chi connectivity index (χ0v) is 12.2. The van der Waals surface area contributed by atoms with E-state index in [0.29, 0.717) is 23.7 Å². The number of hydrogen-bond donors (Lipinski definition) is 2. The zero-order valence-electron chi connectivity index (χ0n) is 11.4. The van der Waals surface area contributed by atoms with Crippen LogP contribution in [-0.4, -0.2) is 25.2 Å². The van der Waals surface area contributed by atoms with E-state index in [2.05, 4.69) is 10.6 Å². The third-order valence-electron chi connectivity index (χ3n) is 2.64. The molecule has 0 fully saturated rings. The predicted molar refractivity (Wildman–Crippen MR) is 80.5 cm³/mol. The highest BCUT2D eigenvalue weighted by Gasteiger charge is 2.21. The van der Waals surface area contributed by atoms with Gasteiger partial charge >= 0.3 is 12.0 Å². The molecule has 0 bridgehead atoms. The Kier molecular flexibility index (Phi) is 4.57. The fraction of sp³-hybridized carbons (Fsp3) is 0.286. The van der Waals surface area contributed by atoms with Crippen LogP contribution in [0.1, 0.15) is 24.2 Å². The topological polar surface area (TPSA) is 67.4 Å². The van der Waals surface area contributed by atoms with Crippen LogP contribution in [0, 0.1) is 0 Å². The van der Waals surface area contributed by atoms with Gasteiger partial charge in [0, 0.05) is 16.6 Å². The number of ether oxygens (including phenoxy) is 1. The highest BCUT2D eigenvalue weighted by atomic mass is 32.1. The van der Waals surface area contributed by atoms with Gasteiger partial charge in [-0.3, -0.25) is 5.32 Å². The first-order valence-corrected chi connectivity index (χ1v) is 7.22. The highest BCUT2D eigenvalue weighted by Crippen LogP contribution is 2.36. The number of hydrogen-bond acceptors (Lipinski definition) is 4. The van der Waals surface area contributed by atoms with Gasteiger partial charge in [0.2, 0.25) is 0 Å². The molecule has 0 atom stereocenters. The summed E-state index contributed by atoms with van der Waals surface area (Å²) in [6, 6.07) is 7.17. The maximum Gasteiger partial charge on any atom is 0.341 e. The van der Waals surface area contributed by atoms with E-state index in [1.165, 1.54) is 11.3 Å². The van der Waals surface area contributed by atoms with Crippen molar-refractivity contribution in [3.8, 4) is 0 Å². The Balaban J connectivity index is 2.44. The van der Waals surface area contributed by atoms with Crippen LogP contribution in [0.3, 0.4) is 0 Å². The Hall–Kier alpha value is -2.08. The molecule has 5 nitrogen and oxygen atoms in total. The minimum Gasteiger partial charge on any atom is -0.462 e. The Labute approximate surface area is 120 Å². The molecular weight excluding hydrogens is 276 g/mol. The summed E-state index contributed by atoms with van der Waals surface area (Å²) in [5.74, 6) is -0.420. The van der Waals surface area contributed by atoms with Crippen LogP contribution in [0.15, 0.2) is 24.3 Å². The first-order chi connectivity index (χ1) is 9.67. The Bertz CT molecular complexity index is 636. The molecule has 0 unspecified atom stereocenters. The lowest BCUT2D eigenvalue weighted by Crippen LogP contribution is -2.28. The third kappa shape index (κ3) is 2.91. The standard InChI is InChI=1S/C14H16N2O3S/c1-3-15-14(18)16-12-11(13(17)19-4-2)9-7-5-6-8-10(9)20-12/h5-8H,3-4H2,1-2H3,(H2,15,16,18). The van der Waals surface area contributed by atoms with Crippen LogP contribution in [0.4, 0.5) is 9.80 Å². The molecule has 0 aliphatic carbocycles. The minimum atomic E-state index is -0.420. The molecule has 2 aromatic rings. The van der Waals surface area contributed by atoms with Crippen molar-refractivity contribution >= 4 is 38.4 Å². The molecule has 1 heterocycles. The fourth-order valence-corrected chi connectivity index (χ4v) is 2.93. The normalized spacial score (nSPS) is 10.3. The Morgan fingerprint density at radius 3 is 2.70 bits per heavy atom. The van der Waals surface area contributed by atoms with E-state index in [1.807, 2.05) is 31.2 Å². The summed E-state index contributed by atoms with van der Waals surface area (Å²) in [4.78, 5) is 23.7. The van der Waals surface area contributed by atoms with E-state index in [-0.39, 0.29) is 6.03 Å². The van der Waals surface area contributed by atoms with Crippen LogP contribution in [0.5, 0.6) is 0 Å². The molecule has 1 aromatic carbocycles. The van der Waals surface area contributed by atoms with Gasteiger partial charge in [0.15, 0.2) is 0 Å². The third-order valence-corrected chi connectivity index (χ3v) is 3.73. The monoisotopic (exact) mass is 292 g/mol. The van der Waals surface area contributed by atoms with Gasteiger partial charge in [0.05, 0.1) is 6.61 Å². The van der Waals surface area contributed by atoms with Gasteiger partial charge in [-0.2, -0.15) is 0 Å². The molecule has 0 aliphatic rings. The summed E-state index contributed by atoms with van der Waals surface area (Å²) in [5.41, 5.74) is 0.415. The molecule has 2 amide bonds. The molecule has 0 radical (unpaired) electrons. The number of amides is 2. The summed E-state index contributed by atoms with van der Waals surface area (Å²) in [7, 11) is 0. The molecule has 1 aromatic heterocycles. The lowest BCUT2D eigenvalue weighted by atomic mass is 10.1. The molecule has 2 rings (SSSR count). The number of nitrogens with one attached hydrogen (secondary N) is 2. The summed E-state index contributed by atoms with van der Waals surface area (Å²) >= 11 is 1.36. The first-order valence-electron chi connectivity index (χ1n) is 6.40. The smallest absolute Gasteiger partial charge is 0.341 e. The second kappa shape index (κ2) is 6.38. The first kappa shape index (κ1) is 14.3. The van der Waals surface area contributed by atoms with Crippen molar-refractivity contribution in [3.63, 3.8) is 0 Å². The molecule has 0 saturated carbocycles. The number of benzene rings is 1. The highest BCUT2D eigenvalue weighted by molar-refractivity contribution is 7.23. The van der Waals surface area contributed by atoms with Gasteiger partial charge < -0.3 is 10.1 Å². The number of carbonyl (C=O) groups is 2. The second-order valence-electron chi connectivity index (χ2n) is 4.01. The molecule has 0 spiro atoms. The van der Waals surface area contributed by atoms with Gasteiger partial charge in [0.25, 0.3) is 0 Å². The van der Waals surface area contributed by atoms with Crippen molar-refractivity contribution in [2.45, 2.75) is 13.8 Å². The number of anilines is 1. The average molecular weight is 292 g/mol. The number of carbonyl (C=O) groups excluding carboxylic acids is 2. The average Bonchev–Trinajstić information content (AvgIpc) is 2.76. The number of esters is 1. The van der Waals surface area contributed by atoms with Crippen molar-refractivity contribution < 1.29 is 14.3 Å². The molecule has 0 saturated heterocycles. The zero-order chi connectivity index (χ0) is 14.5. The van der Waals surface area contributed by atoms with Gasteiger partial charge in [-0.1, -0.05) is 18.2 Å². The van der Waals surface area contributed by atoms with Crippen molar-refractivity contribution in [2.75, 3.05) is 18.5 Å². The van der Waals surface area contributed by atoms with E-state index in [0.717, 1.165) is 10.1 Å². The fourth-order valence-electron chi connectivity index (χ4n) is 1.85. The summed E-state index contributed by atoms with van der Waals surface area (Å²) in [6.45, 7) is 4.40. The van der Waals surface area contributed by atoms with Crippen LogP contribution in [0.25, 0.3) is 10.1 Å². The molecule has 106 valence electrons. The number of rotatable bonds is 4. The van der Waals surface area contributed by atoms with E-state index in [4.69, 9.17) is 4.74 Å². The number of fused-ring (bicyclic) bond motifs is 1. The second-order valence-corrected chi connectivity index (χ2v) is 5.06. The van der Waals surface area contributed by atoms with Crippen LogP contribution >= 0.6 is 11.3 Å². The summed E-state index contributed by atoms with van der Waals surface area (Å²) in [5, 5.41) is 6.65. The van der Waals surface area contributed by atoms with Gasteiger partial charge in [0.1, 0.15) is 10.6 Å². The van der Waals surface area contributed by atoms with E-state index in [1.54, 1.807) is 6.92 Å². The summed E-state index contributed by atoms with van der Waals surface area (Å²) < 4.78 is 6.01. The van der Waals surface area contributed by atoms with Gasteiger partial charge in [-0.25, -0.2) is 9.59 Å². The molecule has 2 N–H and O–H groups in total. The largest absolute Gasteiger partial charge is 0.462 e. The van der Waals surface area contributed by atoms with Gasteiger partial charge in [-0.05, 0) is 19.9 Å². The van der Waals surface area contributed by atoms with Crippen molar-refractivity contribution in [3.05, 3.63) is 29.8 Å². The van der Waals surface area contributed by atoms with E-state index < -0.39 is 5.97 Å². The molecule has 20 heavy (non-hydrogen) atoms. The van der Waals surface area contributed by atoms with E-state index >= 15 is 0 Å². The lowest BCUT2D eigenvalue weighted by molar-refractivity contribution is 0.0530. The van der Waals surface area contributed by atoms with Crippen molar-refractivity contribution in [2.24, 2.45) is 0 Å². The van der Waals surface area contributed by atoms with Crippen LogP contribution in [0.2, 0.25) is 0 Å². The lowest BCUT2D eigenvalue weighted by Gasteiger charge is -2.06. The Morgan fingerprint density at radius 2 is 2.00 bits per heavy atom. The molecule has 6 heteroatoms. The number of thiophene rings is 1. The Morgan fingerprint density at radius 1 is 1.25 bits per heavy atom. The SMILES string of the molecule is CCNC(=O)Nc1sc2ccccc2c1C(=O)OCC. The quantitative estimate of drug-likeness (QED) is 0.850. The minimum absolute atomic E-state index is 0.295. The number of urea groups is 1. The van der Waals surface area contributed by atoms with Crippen molar-refractivity contribution in [1.29, 1.82) is 0 Å². The summed E-state index contributed by atoms with van der Waals surface area (Å²) in [6.07, 6.45) is 0. The maximum atomic E-state index is 12.1. The van der Waals surface area contributed by atoms with Gasteiger partial charge in [-0.15, -0.1) is 11.3 Å². The molecular formula is C14H16N2O3S. The van der Waals surface area contributed by atoms with Crippen molar-refractivity contribution in [1.82, 2.24) is 5.32 Å². The van der Waals surface area contributed by atoms with Crippen LogP contribution < -0.4 is 10.6 Å². The molecule has 0 aliphatic heterocycles. The van der Waals surface area contributed by atoms with Crippen LogP contribution in [-0.2, 0) is 4.74 Å². The predicted octanol–water partition coefficient (Wildman–Crippen LogP) is 3.22.